The molecule has 2 heterocycles. The lowest BCUT2D eigenvalue weighted by Gasteiger charge is -2.29. The SMILES string of the molecule is CCCN(CC1CCCCC1)C(=O)c1cn(C2CCNCC2)nn1.Cl. The van der Waals surface area contributed by atoms with Gasteiger partial charge in [0.15, 0.2) is 5.69 Å². The minimum Gasteiger partial charge on any atom is -0.337 e. The van der Waals surface area contributed by atoms with Crippen molar-refractivity contribution >= 4 is 18.3 Å². The van der Waals surface area contributed by atoms with Crippen molar-refractivity contribution in [3.8, 4) is 0 Å². The van der Waals surface area contributed by atoms with Gasteiger partial charge in [0.2, 0.25) is 0 Å². The quantitative estimate of drug-likeness (QED) is 0.837. The van der Waals surface area contributed by atoms with Gasteiger partial charge in [-0.3, -0.25) is 4.79 Å². The Kier molecular flexibility index (Phi) is 8.16. The van der Waals surface area contributed by atoms with Crippen LogP contribution in [-0.4, -0.2) is 52.0 Å². The molecule has 1 aliphatic carbocycles. The van der Waals surface area contributed by atoms with Crippen LogP contribution in [0, 0.1) is 5.92 Å². The van der Waals surface area contributed by atoms with Crippen molar-refractivity contribution in [3.63, 3.8) is 0 Å². The minimum atomic E-state index is 0. The Morgan fingerprint density at radius 1 is 1.24 bits per heavy atom. The van der Waals surface area contributed by atoms with Crippen molar-refractivity contribution < 1.29 is 4.79 Å². The van der Waals surface area contributed by atoms with Crippen LogP contribution in [0.25, 0.3) is 0 Å². The predicted molar refractivity (Wildman–Crippen MR) is 101 cm³/mol. The normalized spacial score (nSPS) is 19.4. The highest BCUT2D eigenvalue weighted by molar-refractivity contribution is 5.91. The van der Waals surface area contributed by atoms with E-state index in [2.05, 4.69) is 22.6 Å². The lowest BCUT2D eigenvalue weighted by Crippen LogP contribution is -2.37. The fraction of sp³-hybridized carbons (Fsp3) is 0.833. The third kappa shape index (κ3) is 5.42. The summed E-state index contributed by atoms with van der Waals surface area (Å²) in [6.45, 7) is 5.85. The standard InChI is InChI=1S/C18H31N5O.ClH/c1-2-12-22(13-15-6-4-3-5-7-15)18(24)17-14-23(21-20-17)16-8-10-19-11-9-16;/h14-16,19H,2-13H2,1H3;1H. The molecule has 7 heteroatoms. The number of hydrogen-bond donors (Lipinski definition) is 1. The van der Waals surface area contributed by atoms with Crippen molar-refractivity contribution in [2.24, 2.45) is 5.92 Å². The van der Waals surface area contributed by atoms with E-state index in [0.717, 1.165) is 45.4 Å². The monoisotopic (exact) mass is 369 g/mol. The third-order valence-corrected chi connectivity index (χ3v) is 5.40. The van der Waals surface area contributed by atoms with Crippen molar-refractivity contribution in [1.82, 2.24) is 25.2 Å². The van der Waals surface area contributed by atoms with Gasteiger partial charge in [-0.25, -0.2) is 4.68 Å². The molecule has 0 bridgehead atoms. The van der Waals surface area contributed by atoms with Gasteiger partial charge < -0.3 is 10.2 Å². The van der Waals surface area contributed by atoms with Crippen LogP contribution < -0.4 is 5.32 Å². The molecule has 2 fully saturated rings. The van der Waals surface area contributed by atoms with E-state index >= 15 is 0 Å². The van der Waals surface area contributed by atoms with Gasteiger partial charge in [0.05, 0.1) is 12.2 Å². The molecule has 142 valence electrons. The molecule has 25 heavy (non-hydrogen) atoms. The number of nitrogens with zero attached hydrogens (tertiary/aromatic N) is 4. The topological polar surface area (TPSA) is 63.1 Å². The second-order valence-electron chi connectivity index (χ2n) is 7.32. The Labute approximate surface area is 157 Å². The first-order chi connectivity index (χ1) is 11.8. The zero-order chi connectivity index (χ0) is 16.8. The first kappa shape index (κ1) is 20.2. The van der Waals surface area contributed by atoms with E-state index in [-0.39, 0.29) is 18.3 Å². The Hall–Kier alpha value is -1.14. The van der Waals surface area contributed by atoms with Crippen molar-refractivity contribution in [3.05, 3.63) is 11.9 Å². The van der Waals surface area contributed by atoms with Crippen LogP contribution in [0.1, 0.15) is 74.8 Å². The fourth-order valence-corrected chi connectivity index (χ4v) is 4.01. The zero-order valence-corrected chi connectivity index (χ0v) is 16.1. The maximum atomic E-state index is 12.9. The molecule has 0 radical (unpaired) electrons. The maximum absolute atomic E-state index is 12.9. The molecule has 0 atom stereocenters. The molecule has 1 amide bonds. The molecular weight excluding hydrogens is 338 g/mol. The van der Waals surface area contributed by atoms with E-state index in [1.54, 1.807) is 0 Å². The van der Waals surface area contributed by atoms with Crippen molar-refractivity contribution in [2.75, 3.05) is 26.2 Å². The Morgan fingerprint density at radius 3 is 2.64 bits per heavy atom. The summed E-state index contributed by atoms with van der Waals surface area (Å²) in [6.07, 6.45) is 11.4. The molecule has 1 N–H and O–H groups in total. The molecule has 6 nitrogen and oxygen atoms in total. The largest absolute Gasteiger partial charge is 0.337 e. The maximum Gasteiger partial charge on any atom is 0.276 e. The molecule has 0 spiro atoms. The van der Waals surface area contributed by atoms with Crippen LogP contribution >= 0.6 is 12.4 Å². The minimum absolute atomic E-state index is 0. The summed E-state index contributed by atoms with van der Waals surface area (Å²) in [6, 6.07) is 0.373. The number of hydrogen-bond acceptors (Lipinski definition) is 4. The zero-order valence-electron chi connectivity index (χ0n) is 15.3. The molecule has 0 aromatic carbocycles. The van der Waals surface area contributed by atoms with Gasteiger partial charge in [-0.2, -0.15) is 0 Å². The molecule has 1 aromatic heterocycles. The summed E-state index contributed by atoms with van der Waals surface area (Å²) in [5, 5.41) is 11.8. The molecule has 1 aliphatic heterocycles. The van der Waals surface area contributed by atoms with E-state index in [0.29, 0.717) is 17.7 Å². The average molecular weight is 370 g/mol. The number of rotatable bonds is 6. The first-order valence-corrected chi connectivity index (χ1v) is 9.69. The van der Waals surface area contributed by atoms with Gasteiger partial charge >= 0.3 is 0 Å². The third-order valence-electron chi connectivity index (χ3n) is 5.40. The van der Waals surface area contributed by atoms with Crippen LogP contribution in [0.2, 0.25) is 0 Å². The Bertz CT molecular complexity index is 523. The second kappa shape index (κ2) is 10.1. The van der Waals surface area contributed by atoms with Gasteiger partial charge in [0.1, 0.15) is 0 Å². The number of carbonyl (C=O) groups is 1. The van der Waals surface area contributed by atoms with Gasteiger partial charge in [-0.1, -0.05) is 31.4 Å². The van der Waals surface area contributed by atoms with Gasteiger partial charge in [0, 0.05) is 13.1 Å². The number of aromatic nitrogens is 3. The molecule has 0 unspecified atom stereocenters. The summed E-state index contributed by atoms with van der Waals surface area (Å²) in [5.41, 5.74) is 0.512. The first-order valence-electron chi connectivity index (χ1n) is 9.69. The number of nitrogens with one attached hydrogen (secondary N) is 1. The second-order valence-corrected chi connectivity index (χ2v) is 7.32. The lowest BCUT2D eigenvalue weighted by atomic mass is 9.89. The summed E-state index contributed by atoms with van der Waals surface area (Å²) < 4.78 is 1.90. The molecule has 1 saturated heterocycles. The average Bonchev–Trinajstić information content (AvgIpc) is 3.12. The predicted octanol–water partition coefficient (Wildman–Crippen LogP) is 3.06. The van der Waals surface area contributed by atoms with Crippen molar-refractivity contribution in [1.29, 1.82) is 0 Å². The number of carbonyl (C=O) groups excluding carboxylic acids is 1. The van der Waals surface area contributed by atoms with E-state index in [4.69, 9.17) is 0 Å². The lowest BCUT2D eigenvalue weighted by molar-refractivity contribution is 0.0707. The Morgan fingerprint density at radius 2 is 1.96 bits per heavy atom. The molecule has 3 rings (SSSR count). The van der Waals surface area contributed by atoms with Crippen molar-refractivity contribution in [2.45, 2.75) is 64.3 Å². The van der Waals surface area contributed by atoms with Gasteiger partial charge in [0.25, 0.3) is 5.91 Å². The van der Waals surface area contributed by atoms with E-state index in [9.17, 15) is 4.79 Å². The van der Waals surface area contributed by atoms with Crippen LogP contribution in [0.15, 0.2) is 6.20 Å². The summed E-state index contributed by atoms with van der Waals surface area (Å²) >= 11 is 0. The molecule has 1 saturated carbocycles. The number of piperidine rings is 1. The van der Waals surface area contributed by atoms with Crippen LogP contribution in [0.5, 0.6) is 0 Å². The fourth-order valence-electron chi connectivity index (χ4n) is 4.01. The number of halogens is 1. The highest BCUT2D eigenvalue weighted by Crippen LogP contribution is 2.25. The van der Waals surface area contributed by atoms with E-state index in [1.165, 1.54) is 32.1 Å². The summed E-state index contributed by atoms with van der Waals surface area (Å²) in [7, 11) is 0. The van der Waals surface area contributed by atoms with E-state index < -0.39 is 0 Å². The number of amides is 1. The summed E-state index contributed by atoms with van der Waals surface area (Å²) in [5.74, 6) is 0.719. The van der Waals surface area contributed by atoms with Crippen LogP contribution in [0.3, 0.4) is 0 Å². The highest BCUT2D eigenvalue weighted by Gasteiger charge is 2.24. The van der Waals surface area contributed by atoms with Gasteiger partial charge in [-0.15, -0.1) is 17.5 Å². The van der Waals surface area contributed by atoms with Crippen LogP contribution in [0.4, 0.5) is 0 Å². The highest BCUT2D eigenvalue weighted by atomic mass is 35.5. The Balaban J connectivity index is 0.00000225. The summed E-state index contributed by atoms with van der Waals surface area (Å²) in [4.78, 5) is 14.9. The molecule has 2 aliphatic rings. The van der Waals surface area contributed by atoms with E-state index in [1.807, 2.05) is 15.8 Å². The van der Waals surface area contributed by atoms with Gasteiger partial charge in [-0.05, 0) is 51.1 Å². The smallest absolute Gasteiger partial charge is 0.276 e. The van der Waals surface area contributed by atoms with Crippen LogP contribution in [-0.2, 0) is 0 Å². The molecule has 1 aromatic rings. The molecular formula is C18H32ClN5O.